The van der Waals surface area contributed by atoms with Crippen LogP contribution in [-0.2, 0) is 10.0 Å². The summed E-state index contributed by atoms with van der Waals surface area (Å²) in [5, 5.41) is 2.71. The number of carbonyl (C=O) groups excluding carboxylic acids is 1. The van der Waals surface area contributed by atoms with Crippen LogP contribution in [0.15, 0.2) is 36.4 Å². The maximum absolute atomic E-state index is 12.5. The zero-order chi connectivity index (χ0) is 20.0. The molecule has 0 atom stereocenters. The van der Waals surface area contributed by atoms with E-state index in [1.807, 2.05) is 6.92 Å². The Hall–Kier alpha value is -2.94. The second kappa shape index (κ2) is 8.63. The molecule has 9 heteroatoms. The van der Waals surface area contributed by atoms with Gasteiger partial charge in [0.25, 0.3) is 5.91 Å². The van der Waals surface area contributed by atoms with Gasteiger partial charge in [0.15, 0.2) is 11.5 Å². The number of hydrogen-bond donors (Lipinski definition) is 2. The molecule has 27 heavy (non-hydrogen) atoms. The van der Waals surface area contributed by atoms with Crippen LogP contribution in [0.3, 0.4) is 0 Å². The quantitative estimate of drug-likeness (QED) is 0.714. The van der Waals surface area contributed by atoms with Crippen LogP contribution in [0.1, 0.15) is 17.3 Å². The van der Waals surface area contributed by atoms with Crippen molar-refractivity contribution in [3.05, 3.63) is 42.0 Å². The van der Waals surface area contributed by atoms with Crippen LogP contribution in [0.25, 0.3) is 0 Å². The van der Waals surface area contributed by atoms with Crippen molar-refractivity contribution < 1.29 is 27.4 Å². The number of hydrogen-bond acceptors (Lipinski definition) is 6. The number of carbonyl (C=O) groups is 1. The Bertz CT molecular complexity index is 927. The number of nitrogens with one attached hydrogen (secondary N) is 2. The molecule has 0 bridgehead atoms. The van der Waals surface area contributed by atoms with Gasteiger partial charge in [0.2, 0.25) is 10.0 Å². The van der Waals surface area contributed by atoms with Crippen molar-refractivity contribution in [2.24, 2.45) is 0 Å². The van der Waals surface area contributed by atoms with E-state index in [0.29, 0.717) is 35.1 Å². The number of sulfonamides is 1. The highest BCUT2D eigenvalue weighted by Crippen LogP contribution is 2.30. The fraction of sp³-hybridized carbons (Fsp3) is 0.278. The summed E-state index contributed by atoms with van der Waals surface area (Å²) in [7, 11) is -0.583. The second-order valence-electron chi connectivity index (χ2n) is 5.54. The Kier molecular flexibility index (Phi) is 6.51. The largest absolute Gasteiger partial charge is 0.495 e. The van der Waals surface area contributed by atoms with Crippen molar-refractivity contribution in [1.29, 1.82) is 0 Å². The van der Waals surface area contributed by atoms with E-state index in [2.05, 4.69) is 10.0 Å². The summed E-state index contributed by atoms with van der Waals surface area (Å²) >= 11 is 0. The molecule has 0 heterocycles. The molecule has 0 aliphatic rings. The highest BCUT2D eigenvalue weighted by Gasteiger charge is 2.14. The first-order valence-corrected chi connectivity index (χ1v) is 9.94. The Morgan fingerprint density at radius 1 is 1.00 bits per heavy atom. The minimum atomic E-state index is -3.50. The predicted octanol–water partition coefficient (Wildman–Crippen LogP) is 2.73. The van der Waals surface area contributed by atoms with Crippen LogP contribution in [-0.4, -0.2) is 41.4 Å². The van der Waals surface area contributed by atoms with E-state index in [1.54, 1.807) is 30.3 Å². The average Bonchev–Trinajstić information content (AvgIpc) is 2.61. The van der Waals surface area contributed by atoms with E-state index in [9.17, 15) is 13.2 Å². The van der Waals surface area contributed by atoms with Gasteiger partial charge in [-0.2, -0.15) is 0 Å². The van der Waals surface area contributed by atoms with Crippen molar-refractivity contribution in [2.75, 3.05) is 37.1 Å². The number of ether oxygens (including phenoxy) is 3. The third-order valence-corrected chi connectivity index (χ3v) is 4.07. The number of anilines is 2. The molecule has 2 aromatic rings. The van der Waals surface area contributed by atoms with Gasteiger partial charge in [0.05, 0.1) is 32.8 Å². The standard InChI is InChI=1S/C18H22N2O6S/c1-5-26-16-8-6-12(10-17(16)25-3)18(21)19-13-7-9-15(24-2)14(11-13)20-27(4,22)23/h6-11,20H,5H2,1-4H3,(H,19,21). The summed E-state index contributed by atoms with van der Waals surface area (Å²) in [5.74, 6) is 0.937. The first-order valence-electron chi connectivity index (χ1n) is 8.05. The molecule has 2 rings (SSSR count). The Labute approximate surface area is 158 Å². The van der Waals surface area contributed by atoms with Gasteiger partial charge in [-0.1, -0.05) is 0 Å². The van der Waals surface area contributed by atoms with Gasteiger partial charge in [-0.3, -0.25) is 9.52 Å². The number of methoxy groups -OCH3 is 2. The molecule has 2 N–H and O–H groups in total. The van der Waals surface area contributed by atoms with Gasteiger partial charge in [0, 0.05) is 11.3 Å². The third-order valence-electron chi connectivity index (χ3n) is 3.48. The molecular formula is C18H22N2O6S. The molecule has 0 saturated carbocycles. The third kappa shape index (κ3) is 5.52. The maximum atomic E-state index is 12.5. The molecule has 0 aliphatic carbocycles. The van der Waals surface area contributed by atoms with Crippen LogP contribution in [0.5, 0.6) is 17.2 Å². The monoisotopic (exact) mass is 394 g/mol. The molecule has 146 valence electrons. The minimum Gasteiger partial charge on any atom is -0.495 e. The fourth-order valence-corrected chi connectivity index (χ4v) is 2.91. The van der Waals surface area contributed by atoms with Crippen LogP contribution >= 0.6 is 0 Å². The molecule has 0 spiro atoms. The Morgan fingerprint density at radius 2 is 1.67 bits per heavy atom. The molecule has 0 aliphatic heterocycles. The van der Waals surface area contributed by atoms with Crippen molar-refractivity contribution in [3.8, 4) is 17.2 Å². The summed E-state index contributed by atoms with van der Waals surface area (Å²) in [6.45, 7) is 2.33. The second-order valence-corrected chi connectivity index (χ2v) is 7.29. The van der Waals surface area contributed by atoms with Crippen molar-refractivity contribution in [2.45, 2.75) is 6.92 Å². The normalized spacial score (nSPS) is 10.8. The highest BCUT2D eigenvalue weighted by atomic mass is 32.2. The summed E-state index contributed by atoms with van der Waals surface area (Å²) in [5.41, 5.74) is 0.991. The molecule has 0 radical (unpaired) electrons. The van der Waals surface area contributed by atoms with Crippen molar-refractivity contribution in [3.63, 3.8) is 0 Å². The molecule has 0 saturated heterocycles. The van der Waals surface area contributed by atoms with E-state index >= 15 is 0 Å². The first kappa shape index (κ1) is 20.4. The lowest BCUT2D eigenvalue weighted by Gasteiger charge is -2.13. The smallest absolute Gasteiger partial charge is 0.255 e. The maximum Gasteiger partial charge on any atom is 0.255 e. The number of amides is 1. The van der Waals surface area contributed by atoms with Crippen LogP contribution < -0.4 is 24.2 Å². The molecular weight excluding hydrogens is 372 g/mol. The SMILES string of the molecule is CCOc1ccc(C(=O)Nc2ccc(OC)c(NS(C)(=O)=O)c2)cc1OC. The molecule has 0 aromatic heterocycles. The Morgan fingerprint density at radius 3 is 2.26 bits per heavy atom. The number of benzene rings is 2. The van der Waals surface area contributed by atoms with Crippen LogP contribution in [0.2, 0.25) is 0 Å². The van der Waals surface area contributed by atoms with Gasteiger partial charge >= 0.3 is 0 Å². The molecule has 0 fully saturated rings. The zero-order valence-electron chi connectivity index (χ0n) is 15.5. The lowest BCUT2D eigenvalue weighted by molar-refractivity contribution is 0.102. The minimum absolute atomic E-state index is 0.224. The number of rotatable bonds is 8. The topological polar surface area (TPSA) is 103 Å². The summed E-state index contributed by atoms with van der Waals surface area (Å²) in [6, 6.07) is 9.48. The van der Waals surface area contributed by atoms with Gasteiger partial charge in [-0.25, -0.2) is 8.42 Å². The van der Waals surface area contributed by atoms with E-state index < -0.39 is 10.0 Å². The van der Waals surface area contributed by atoms with Gasteiger partial charge in [-0.05, 0) is 43.3 Å². The lowest BCUT2D eigenvalue weighted by Crippen LogP contribution is -2.14. The van der Waals surface area contributed by atoms with E-state index in [1.165, 1.54) is 20.3 Å². The summed E-state index contributed by atoms with van der Waals surface area (Å²) in [6.07, 6.45) is 1.03. The lowest BCUT2D eigenvalue weighted by atomic mass is 10.1. The van der Waals surface area contributed by atoms with Crippen molar-refractivity contribution in [1.82, 2.24) is 0 Å². The van der Waals surface area contributed by atoms with Crippen LogP contribution in [0, 0.1) is 0 Å². The van der Waals surface area contributed by atoms with E-state index in [4.69, 9.17) is 14.2 Å². The van der Waals surface area contributed by atoms with Crippen molar-refractivity contribution >= 4 is 27.3 Å². The fourth-order valence-electron chi connectivity index (χ4n) is 2.35. The molecule has 0 unspecified atom stereocenters. The first-order chi connectivity index (χ1) is 12.8. The Balaban J connectivity index is 2.26. The van der Waals surface area contributed by atoms with E-state index in [0.717, 1.165) is 6.26 Å². The average molecular weight is 394 g/mol. The van der Waals surface area contributed by atoms with Gasteiger partial charge < -0.3 is 19.5 Å². The highest BCUT2D eigenvalue weighted by molar-refractivity contribution is 7.92. The predicted molar refractivity (Wildman–Crippen MR) is 104 cm³/mol. The van der Waals surface area contributed by atoms with Gasteiger partial charge in [-0.15, -0.1) is 0 Å². The van der Waals surface area contributed by atoms with E-state index in [-0.39, 0.29) is 11.6 Å². The summed E-state index contributed by atoms with van der Waals surface area (Å²) < 4.78 is 41.2. The molecule has 8 nitrogen and oxygen atoms in total. The zero-order valence-corrected chi connectivity index (χ0v) is 16.3. The van der Waals surface area contributed by atoms with Crippen LogP contribution in [0.4, 0.5) is 11.4 Å². The molecule has 2 aromatic carbocycles. The molecule has 1 amide bonds. The van der Waals surface area contributed by atoms with Gasteiger partial charge in [0.1, 0.15) is 5.75 Å². The summed E-state index contributed by atoms with van der Waals surface area (Å²) in [4.78, 5) is 12.5.